The average molecular weight is 312 g/mol. The van der Waals surface area contributed by atoms with Crippen molar-refractivity contribution < 1.29 is 23.5 Å². The summed E-state index contributed by atoms with van der Waals surface area (Å²) in [6.45, 7) is 1.16. The van der Waals surface area contributed by atoms with Crippen LogP contribution in [-0.2, 0) is 6.54 Å². The average Bonchev–Trinajstić information content (AvgIpc) is 2.84. The van der Waals surface area contributed by atoms with Crippen molar-refractivity contribution in [3.05, 3.63) is 46.0 Å². The smallest absolute Gasteiger partial charge is 0.356 e. The number of carboxylic acid groups (broad SMARTS) is 1. The van der Waals surface area contributed by atoms with Crippen LogP contribution in [0.15, 0.2) is 18.2 Å². The Hall–Kier alpha value is -2.35. The Morgan fingerprint density at radius 1 is 1.38 bits per heavy atom. The summed E-state index contributed by atoms with van der Waals surface area (Å²) in [4.78, 5) is 26.1. The molecule has 0 bridgehead atoms. The zero-order chi connectivity index (χ0) is 15.6. The number of Topliss-reactive ketones (excluding diaryl/α,β-unsaturated/α-hetero) is 1. The first-order chi connectivity index (χ1) is 9.88. The van der Waals surface area contributed by atoms with E-state index in [-0.39, 0.29) is 27.8 Å². The molecule has 1 heterocycles. The largest absolute Gasteiger partial charge is 0.476 e. The number of carboxylic acids is 1. The highest BCUT2D eigenvalue weighted by molar-refractivity contribution is 7.17. The molecule has 0 saturated carbocycles. The molecule has 110 valence electrons. The van der Waals surface area contributed by atoms with Crippen LogP contribution in [0.1, 0.15) is 32.6 Å². The predicted molar refractivity (Wildman–Crippen MR) is 72.8 cm³/mol. The fourth-order valence-electron chi connectivity index (χ4n) is 1.63. The number of aromatic carboxylic acids is 1. The lowest BCUT2D eigenvalue weighted by Gasteiger charge is -2.04. The van der Waals surface area contributed by atoms with E-state index in [0.717, 1.165) is 29.5 Å². The third-order valence-electron chi connectivity index (χ3n) is 2.59. The van der Waals surface area contributed by atoms with Crippen molar-refractivity contribution in [2.75, 3.05) is 5.32 Å². The second-order valence-corrected chi connectivity index (χ2v) is 5.15. The summed E-state index contributed by atoms with van der Waals surface area (Å²) in [5.74, 6) is -2.91. The van der Waals surface area contributed by atoms with Gasteiger partial charge >= 0.3 is 5.97 Å². The maximum absolute atomic E-state index is 13.4. The molecule has 0 unspecified atom stereocenters. The number of hydrogen-bond acceptors (Lipinski definition) is 5. The van der Waals surface area contributed by atoms with Crippen LogP contribution in [0.5, 0.6) is 0 Å². The van der Waals surface area contributed by atoms with Crippen LogP contribution in [0.25, 0.3) is 0 Å². The Labute approximate surface area is 122 Å². The summed E-state index contributed by atoms with van der Waals surface area (Å²) < 4.78 is 26.5. The fraction of sp³-hybridized carbons (Fsp3) is 0.154. The summed E-state index contributed by atoms with van der Waals surface area (Å²) in [6.07, 6.45) is 0. The minimum Gasteiger partial charge on any atom is -0.476 e. The van der Waals surface area contributed by atoms with Gasteiger partial charge in [-0.1, -0.05) is 11.3 Å². The van der Waals surface area contributed by atoms with Crippen molar-refractivity contribution in [2.24, 2.45) is 0 Å². The van der Waals surface area contributed by atoms with Crippen molar-refractivity contribution in [3.63, 3.8) is 0 Å². The minimum atomic E-state index is -1.32. The van der Waals surface area contributed by atoms with Gasteiger partial charge in [-0.05, 0) is 18.2 Å². The molecule has 0 radical (unpaired) electrons. The number of carbonyl (C=O) groups is 2. The van der Waals surface area contributed by atoms with E-state index in [1.165, 1.54) is 6.92 Å². The van der Waals surface area contributed by atoms with Crippen LogP contribution < -0.4 is 5.32 Å². The van der Waals surface area contributed by atoms with Crippen molar-refractivity contribution >= 4 is 28.2 Å². The molecule has 5 nitrogen and oxygen atoms in total. The van der Waals surface area contributed by atoms with E-state index in [2.05, 4.69) is 10.3 Å². The molecule has 0 fully saturated rings. The number of nitrogens with one attached hydrogen (secondary N) is 1. The Kier molecular flexibility index (Phi) is 4.27. The van der Waals surface area contributed by atoms with Gasteiger partial charge in [-0.3, -0.25) is 4.79 Å². The van der Waals surface area contributed by atoms with Gasteiger partial charge in [0.2, 0.25) is 0 Å². The summed E-state index contributed by atoms with van der Waals surface area (Å²) in [6, 6.07) is 3.02. The minimum absolute atomic E-state index is 0.00436. The number of carbonyl (C=O) groups excluding carboxylic acids is 1. The Bertz CT molecular complexity index is 684. The highest BCUT2D eigenvalue weighted by atomic mass is 32.1. The number of rotatable bonds is 5. The second-order valence-electron chi connectivity index (χ2n) is 4.15. The lowest BCUT2D eigenvalue weighted by Crippen LogP contribution is -2.05. The lowest BCUT2D eigenvalue weighted by molar-refractivity contribution is 0.0687. The normalized spacial score (nSPS) is 10.4. The van der Waals surface area contributed by atoms with E-state index in [1.807, 2.05) is 0 Å². The maximum Gasteiger partial charge on any atom is 0.356 e. The Morgan fingerprint density at radius 3 is 2.67 bits per heavy atom. The molecule has 1 aromatic carbocycles. The molecule has 8 heteroatoms. The molecule has 2 N–H and O–H groups in total. The molecule has 21 heavy (non-hydrogen) atoms. The van der Waals surface area contributed by atoms with Gasteiger partial charge in [0.05, 0.1) is 0 Å². The molecule has 0 spiro atoms. The van der Waals surface area contributed by atoms with Gasteiger partial charge in [0.25, 0.3) is 0 Å². The molecule has 0 amide bonds. The lowest BCUT2D eigenvalue weighted by atomic mass is 10.2. The van der Waals surface area contributed by atoms with Gasteiger partial charge in [0, 0.05) is 19.0 Å². The van der Waals surface area contributed by atoms with Gasteiger partial charge in [-0.15, -0.1) is 0 Å². The monoisotopic (exact) mass is 312 g/mol. The molecule has 2 aromatic rings. The molecule has 2 rings (SSSR count). The number of aromatic nitrogens is 1. The maximum atomic E-state index is 13.4. The summed E-state index contributed by atoms with van der Waals surface area (Å²) >= 11 is 0.856. The number of thiazole rings is 1. The number of anilines is 1. The molecule has 0 aliphatic carbocycles. The van der Waals surface area contributed by atoms with Crippen molar-refractivity contribution in [2.45, 2.75) is 13.5 Å². The number of ketones is 1. The fourth-order valence-corrected chi connectivity index (χ4v) is 2.48. The molecular weight excluding hydrogens is 302 g/mol. The van der Waals surface area contributed by atoms with E-state index in [1.54, 1.807) is 0 Å². The first-order valence-corrected chi connectivity index (χ1v) is 6.63. The van der Waals surface area contributed by atoms with Crippen LogP contribution in [0.2, 0.25) is 0 Å². The molecule has 0 aliphatic heterocycles. The van der Waals surface area contributed by atoms with E-state index < -0.39 is 23.4 Å². The standard InChI is InChI=1S/C13H10F2N2O3S/c1-6(18)11-10(12(19)20)17-13(21-11)16-5-7-4-8(14)2-3-9(7)15/h2-4H,5H2,1H3,(H,16,17)(H,19,20). The third-order valence-corrected chi connectivity index (χ3v) is 3.70. The topological polar surface area (TPSA) is 79.3 Å². The first-order valence-electron chi connectivity index (χ1n) is 5.81. The van der Waals surface area contributed by atoms with Gasteiger partial charge in [-0.2, -0.15) is 0 Å². The van der Waals surface area contributed by atoms with Gasteiger partial charge < -0.3 is 10.4 Å². The van der Waals surface area contributed by atoms with Gasteiger partial charge in [0.15, 0.2) is 16.6 Å². The SMILES string of the molecule is CC(=O)c1sc(NCc2cc(F)ccc2F)nc1C(=O)O. The summed E-state index contributed by atoms with van der Waals surface area (Å²) in [5, 5.41) is 11.8. The second kappa shape index (κ2) is 5.96. The quantitative estimate of drug-likeness (QED) is 0.830. The molecule has 0 saturated heterocycles. The van der Waals surface area contributed by atoms with Crippen molar-refractivity contribution in [1.82, 2.24) is 4.98 Å². The van der Waals surface area contributed by atoms with Crippen molar-refractivity contribution in [3.8, 4) is 0 Å². The molecule has 0 atom stereocenters. The molecule has 0 aliphatic rings. The van der Waals surface area contributed by atoms with E-state index in [0.29, 0.717) is 0 Å². The highest BCUT2D eigenvalue weighted by Gasteiger charge is 2.20. The number of benzene rings is 1. The predicted octanol–water partition coefficient (Wildman–Crippen LogP) is 2.93. The van der Waals surface area contributed by atoms with E-state index in [4.69, 9.17) is 5.11 Å². The van der Waals surface area contributed by atoms with Gasteiger partial charge in [0.1, 0.15) is 16.5 Å². The van der Waals surface area contributed by atoms with Crippen molar-refractivity contribution in [1.29, 1.82) is 0 Å². The third kappa shape index (κ3) is 3.40. The van der Waals surface area contributed by atoms with Crippen LogP contribution >= 0.6 is 11.3 Å². The van der Waals surface area contributed by atoms with Crippen LogP contribution in [-0.4, -0.2) is 21.8 Å². The van der Waals surface area contributed by atoms with Crippen LogP contribution in [0.4, 0.5) is 13.9 Å². The zero-order valence-electron chi connectivity index (χ0n) is 10.8. The van der Waals surface area contributed by atoms with E-state index in [9.17, 15) is 18.4 Å². The number of halogens is 2. The van der Waals surface area contributed by atoms with Crippen LogP contribution in [0.3, 0.4) is 0 Å². The summed E-state index contributed by atoms with van der Waals surface area (Å²) in [5.41, 5.74) is -0.277. The number of nitrogens with zero attached hydrogens (tertiary/aromatic N) is 1. The van der Waals surface area contributed by atoms with E-state index >= 15 is 0 Å². The Balaban J connectivity index is 2.20. The molecular formula is C13H10F2N2O3S. The zero-order valence-corrected chi connectivity index (χ0v) is 11.6. The number of hydrogen-bond donors (Lipinski definition) is 2. The molecule has 1 aromatic heterocycles. The van der Waals surface area contributed by atoms with Crippen LogP contribution in [0, 0.1) is 11.6 Å². The Morgan fingerprint density at radius 2 is 2.10 bits per heavy atom. The van der Waals surface area contributed by atoms with Gasteiger partial charge in [-0.25, -0.2) is 18.6 Å². The summed E-state index contributed by atoms with van der Waals surface area (Å²) in [7, 11) is 0. The first kappa shape index (κ1) is 15.0. The highest BCUT2D eigenvalue weighted by Crippen LogP contribution is 2.24.